The highest BCUT2D eigenvalue weighted by molar-refractivity contribution is 5.88. The molecule has 3 nitrogen and oxygen atoms in total. The summed E-state index contributed by atoms with van der Waals surface area (Å²) in [5.74, 6) is 0.637. The monoisotopic (exact) mass is 359 g/mol. The summed E-state index contributed by atoms with van der Waals surface area (Å²) in [5.41, 5.74) is 4.06. The lowest BCUT2D eigenvalue weighted by atomic mass is 9.89. The third-order valence-electron chi connectivity index (χ3n) is 5.36. The Hall–Kier alpha value is -2.81. The molecular formula is C24H25NO2. The van der Waals surface area contributed by atoms with Crippen molar-refractivity contribution in [1.82, 2.24) is 5.32 Å². The molecule has 3 aromatic carbocycles. The SMILES string of the molecule is CC(NC(=O)COc1cccc2ccccc12)c1ccc2c(c1)CCCC2. The molecule has 0 aromatic heterocycles. The van der Waals surface area contributed by atoms with Crippen molar-refractivity contribution in [3.05, 3.63) is 77.4 Å². The third kappa shape index (κ3) is 3.97. The molecule has 138 valence electrons. The van der Waals surface area contributed by atoms with Crippen LogP contribution in [0.3, 0.4) is 0 Å². The van der Waals surface area contributed by atoms with Gasteiger partial charge >= 0.3 is 0 Å². The average Bonchev–Trinajstić information content (AvgIpc) is 2.71. The summed E-state index contributed by atoms with van der Waals surface area (Å²) in [6, 6.07) is 20.5. The van der Waals surface area contributed by atoms with Gasteiger partial charge in [-0.1, -0.05) is 54.6 Å². The number of benzene rings is 3. The van der Waals surface area contributed by atoms with Crippen LogP contribution in [0.5, 0.6) is 5.75 Å². The number of nitrogens with one attached hydrogen (secondary N) is 1. The van der Waals surface area contributed by atoms with Crippen LogP contribution in [0.15, 0.2) is 60.7 Å². The van der Waals surface area contributed by atoms with Crippen LogP contribution >= 0.6 is 0 Å². The van der Waals surface area contributed by atoms with E-state index in [9.17, 15) is 4.79 Å². The van der Waals surface area contributed by atoms with Crippen molar-refractivity contribution < 1.29 is 9.53 Å². The fourth-order valence-corrected chi connectivity index (χ4v) is 3.85. The van der Waals surface area contributed by atoms with E-state index in [1.165, 1.54) is 30.4 Å². The molecular weight excluding hydrogens is 334 g/mol. The average molecular weight is 359 g/mol. The van der Waals surface area contributed by atoms with E-state index in [1.807, 2.05) is 49.4 Å². The predicted molar refractivity (Wildman–Crippen MR) is 109 cm³/mol. The first kappa shape index (κ1) is 17.6. The number of amides is 1. The minimum atomic E-state index is -0.104. The molecule has 0 saturated heterocycles. The van der Waals surface area contributed by atoms with E-state index in [0.717, 1.165) is 28.5 Å². The Labute approximate surface area is 160 Å². The fourth-order valence-electron chi connectivity index (χ4n) is 3.85. The summed E-state index contributed by atoms with van der Waals surface area (Å²) in [7, 11) is 0. The van der Waals surface area contributed by atoms with Crippen molar-refractivity contribution in [2.45, 2.75) is 38.6 Å². The third-order valence-corrected chi connectivity index (χ3v) is 5.36. The smallest absolute Gasteiger partial charge is 0.258 e. The van der Waals surface area contributed by atoms with Crippen LogP contribution < -0.4 is 10.1 Å². The number of fused-ring (bicyclic) bond motifs is 2. The van der Waals surface area contributed by atoms with E-state index in [2.05, 4.69) is 23.5 Å². The van der Waals surface area contributed by atoms with Gasteiger partial charge in [-0.15, -0.1) is 0 Å². The highest BCUT2D eigenvalue weighted by atomic mass is 16.5. The van der Waals surface area contributed by atoms with Crippen molar-refractivity contribution in [2.75, 3.05) is 6.61 Å². The van der Waals surface area contributed by atoms with Gasteiger partial charge in [0.1, 0.15) is 5.75 Å². The summed E-state index contributed by atoms with van der Waals surface area (Å²) < 4.78 is 5.80. The van der Waals surface area contributed by atoms with Gasteiger partial charge in [0, 0.05) is 5.39 Å². The van der Waals surface area contributed by atoms with Crippen LogP contribution in [-0.2, 0) is 17.6 Å². The van der Waals surface area contributed by atoms with E-state index < -0.39 is 0 Å². The molecule has 1 atom stereocenters. The highest BCUT2D eigenvalue weighted by Crippen LogP contribution is 2.26. The summed E-state index contributed by atoms with van der Waals surface area (Å²) in [5, 5.41) is 5.19. The zero-order chi connectivity index (χ0) is 18.6. The molecule has 0 radical (unpaired) electrons. The normalized spacial score (nSPS) is 14.4. The number of ether oxygens (including phenoxy) is 1. The number of aryl methyl sites for hydroxylation is 2. The molecule has 1 amide bonds. The Morgan fingerprint density at radius 2 is 1.78 bits per heavy atom. The van der Waals surface area contributed by atoms with Gasteiger partial charge < -0.3 is 10.1 Å². The lowest BCUT2D eigenvalue weighted by Gasteiger charge is -2.20. The molecule has 1 N–H and O–H groups in total. The number of carbonyl (C=O) groups is 1. The Morgan fingerprint density at radius 3 is 2.67 bits per heavy atom. The Bertz CT molecular complexity index is 958. The second-order valence-electron chi connectivity index (χ2n) is 7.29. The summed E-state index contributed by atoms with van der Waals surface area (Å²) in [6.07, 6.45) is 4.86. The van der Waals surface area contributed by atoms with Gasteiger partial charge in [0.05, 0.1) is 6.04 Å². The van der Waals surface area contributed by atoms with Gasteiger partial charge in [-0.2, -0.15) is 0 Å². The van der Waals surface area contributed by atoms with E-state index in [1.54, 1.807) is 0 Å². The van der Waals surface area contributed by atoms with Gasteiger partial charge in [0.15, 0.2) is 6.61 Å². The maximum absolute atomic E-state index is 12.4. The number of hydrogen-bond donors (Lipinski definition) is 1. The largest absolute Gasteiger partial charge is 0.483 e. The van der Waals surface area contributed by atoms with E-state index in [-0.39, 0.29) is 18.6 Å². The first-order chi connectivity index (χ1) is 13.2. The zero-order valence-corrected chi connectivity index (χ0v) is 15.7. The molecule has 1 aliphatic carbocycles. The number of rotatable bonds is 5. The van der Waals surface area contributed by atoms with E-state index in [4.69, 9.17) is 4.74 Å². The first-order valence-corrected chi connectivity index (χ1v) is 9.72. The van der Waals surface area contributed by atoms with Crippen molar-refractivity contribution in [1.29, 1.82) is 0 Å². The van der Waals surface area contributed by atoms with Crippen LogP contribution in [0.25, 0.3) is 10.8 Å². The van der Waals surface area contributed by atoms with Gasteiger partial charge in [0.2, 0.25) is 0 Å². The van der Waals surface area contributed by atoms with Crippen LogP contribution in [0, 0.1) is 0 Å². The molecule has 0 bridgehead atoms. The Kier molecular flexibility index (Phi) is 5.10. The molecule has 1 aliphatic rings. The zero-order valence-electron chi connectivity index (χ0n) is 15.7. The molecule has 0 fully saturated rings. The molecule has 4 rings (SSSR count). The molecule has 3 heteroatoms. The molecule has 1 unspecified atom stereocenters. The Morgan fingerprint density at radius 1 is 1.00 bits per heavy atom. The van der Waals surface area contributed by atoms with Crippen molar-refractivity contribution in [3.63, 3.8) is 0 Å². The van der Waals surface area contributed by atoms with Crippen LogP contribution in [-0.4, -0.2) is 12.5 Å². The topological polar surface area (TPSA) is 38.3 Å². The van der Waals surface area contributed by atoms with Gasteiger partial charge in [-0.25, -0.2) is 0 Å². The van der Waals surface area contributed by atoms with Crippen molar-refractivity contribution >= 4 is 16.7 Å². The molecule has 0 heterocycles. The number of hydrogen-bond acceptors (Lipinski definition) is 2. The van der Waals surface area contributed by atoms with Gasteiger partial charge in [-0.3, -0.25) is 4.79 Å². The first-order valence-electron chi connectivity index (χ1n) is 9.72. The quantitative estimate of drug-likeness (QED) is 0.698. The lowest BCUT2D eigenvalue weighted by Crippen LogP contribution is -2.31. The fraction of sp³-hybridized carbons (Fsp3) is 0.292. The highest BCUT2D eigenvalue weighted by Gasteiger charge is 2.14. The van der Waals surface area contributed by atoms with E-state index >= 15 is 0 Å². The summed E-state index contributed by atoms with van der Waals surface area (Å²) in [4.78, 5) is 12.4. The van der Waals surface area contributed by atoms with Crippen molar-refractivity contribution in [3.8, 4) is 5.75 Å². The van der Waals surface area contributed by atoms with Gasteiger partial charge in [-0.05, 0) is 60.7 Å². The molecule has 0 aliphatic heterocycles. The summed E-state index contributed by atoms with van der Waals surface area (Å²) in [6.45, 7) is 2.05. The minimum Gasteiger partial charge on any atom is -0.483 e. The van der Waals surface area contributed by atoms with Crippen molar-refractivity contribution in [2.24, 2.45) is 0 Å². The molecule has 0 saturated carbocycles. The van der Waals surface area contributed by atoms with Crippen LogP contribution in [0.4, 0.5) is 0 Å². The molecule has 0 spiro atoms. The Balaban J connectivity index is 1.39. The lowest BCUT2D eigenvalue weighted by molar-refractivity contribution is -0.123. The maximum atomic E-state index is 12.4. The standard InChI is InChI=1S/C24H25NO2/c1-17(20-14-13-18-7-2-3-9-21(18)15-20)25-24(26)16-27-23-12-6-10-19-8-4-5-11-22(19)23/h4-6,8,10-15,17H,2-3,7,9,16H2,1H3,(H,25,26). The van der Waals surface area contributed by atoms with Crippen LogP contribution in [0.2, 0.25) is 0 Å². The van der Waals surface area contributed by atoms with Gasteiger partial charge in [0.25, 0.3) is 5.91 Å². The number of carbonyl (C=O) groups excluding carboxylic acids is 1. The van der Waals surface area contributed by atoms with E-state index in [0.29, 0.717) is 0 Å². The summed E-state index contributed by atoms with van der Waals surface area (Å²) >= 11 is 0. The minimum absolute atomic E-state index is 0.0172. The molecule has 3 aromatic rings. The molecule has 27 heavy (non-hydrogen) atoms. The second kappa shape index (κ2) is 7.83. The maximum Gasteiger partial charge on any atom is 0.258 e. The van der Waals surface area contributed by atoms with Crippen LogP contribution in [0.1, 0.15) is 42.5 Å². The predicted octanol–water partition coefficient (Wildman–Crippen LogP) is 4.97. The second-order valence-corrected chi connectivity index (χ2v) is 7.29.